The van der Waals surface area contributed by atoms with E-state index in [-0.39, 0.29) is 5.88 Å². The van der Waals surface area contributed by atoms with E-state index in [1.807, 2.05) is 6.92 Å². The lowest BCUT2D eigenvalue weighted by molar-refractivity contribution is 0.445. The lowest BCUT2D eigenvalue weighted by Gasteiger charge is -2.10. The zero-order chi connectivity index (χ0) is 13.7. The van der Waals surface area contributed by atoms with Gasteiger partial charge in [0.25, 0.3) is 0 Å². The summed E-state index contributed by atoms with van der Waals surface area (Å²) < 4.78 is 31.7. The van der Waals surface area contributed by atoms with Gasteiger partial charge < -0.3 is 10.1 Å². The average molecular weight is 264 g/mol. The zero-order valence-electron chi connectivity index (χ0n) is 10.5. The molecule has 0 bridgehead atoms. The van der Waals surface area contributed by atoms with Crippen LogP contribution in [-0.2, 0) is 6.54 Å². The second-order valence-electron chi connectivity index (χ2n) is 3.96. The minimum absolute atomic E-state index is 0.271. The maximum Gasteiger partial charge on any atom is 0.223 e. The van der Waals surface area contributed by atoms with Gasteiger partial charge in [0.2, 0.25) is 5.88 Å². The van der Waals surface area contributed by atoms with Crippen LogP contribution in [0.4, 0.5) is 8.78 Å². The number of nitrogens with one attached hydrogen (secondary N) is 1. The molecule has 19 heavy (non-hydrogen) atoms. The first-order chi connectivity index (χ1) is 9.19. The van der Waals surface area contributed by atoms with Crippen LogP contribution in [0.2, 0.25) is 0 Å². The van der Waals surface area contributed by atoms with E-state index in [1.165, 1.54) is 24.3 Å². The Labute approximate surface area is 110 Å². The molecule has 5 heteroatoms. The summed E-state index contributed by atoms with van der Waals surface area (Å²) in [5.41, 5.74) is 0.589. The van der Waals surface area contributed by atoms with Crippen molar-refractivity contribution in [3.8, 4) is 11.6 Å². The monoisotopic (exact) mass is 264 g/mol. The summed E-state index contributed by atoms with van der Waals surface area (Å²) in [7, 11) is 0. The zero-order valence-corrected chi connectivity index (χ0v) is 10.5. The number of nitrogens with zero attached hydrogens (tertiary/aromatic N) is 1. The summed E-state index contributed by atoms with van der Waals surface area (Å²) in [6.07, 6.45) is 1.07. The van der Waals surface area contributed by atoms with Crippen molar-refractivity contribution in [1.82, 2.24) is 10.3 Å². The minimum atomic E-state index is -0.431. The van der Waals surface area contributed by atoms with E-state index >= 15 is 0 Å². The van der Waals surface area contributed by atoms with Gasteiger partial charge in [0, 0.05) is 18.2 Å². The van der Waals surface area contributed by atoms with Crippen LogP contribution in [0.3, 0.4) is 0 Å². The molecular weight excluding hydrogens is 250 g/mol. The van der Waals surface area contributed by atoms with Crippen LogP contribution in [0, 0.1) is 11.6 Å². The van der Waals surface area contributed by atoms with Gasteiger partial charge in [0.1, 0.15) is 17.4 Å². The number of hydrogen-bond donors (Lipinski definition) is 1. The van der Waals surface area contributed by atoms with Crippen molar-refractivity contribution in [2.24, 2.45) is 0 Å². The molecule has 0 unspecified atom stereocenters. The Morgan fingerprint density at radius 1 is 1.21 bits per heavy atom. The number of halogens is 2. The number of rotatable bonds is 5. The lowest BCUT2D eigenvalue weighted by atomic mass is 10.2. The van der Waals surface area contributed by atoms with Crippen LogP contribution in [0.15, 0.2) is 36.5 Å². The molecule has 0 spiro atoms. The molecule has 1 N–H and O–H groups in total. The minimum Gasteiger partial charge on any atom is -0.439 e. The predicted octanol–water partition coefficient (Wildman–Crippen LogP) is 3.26. The van der Waals surface area contributed by atoms with E-state index in [2.05, 4.69) is 10.3 Å². The summed E-state index contributed by atoms with van der Waals surface area (Å²) >= 11 is 0. The van der Waals surface area contributed by atoms with Gasteiger partial charge >= 0.3 is 0 Å². The highest BCUT2D eigenvalue weighted by Gasteiger charge is 2.08. The Morgan fingerprint density at radius 3 is 2.79 bits per heavy atom. The van der Waals surface area contributed by atoms with Crippen molar-refractivity contribution in [1.29, 1.82) is 0 Å². The van der Waals surface area contributed by atoms with E-state index in [0.29, 0.717) is 17.9 Å². The maximum atomic E-state index is 13.2. The fourth-order valence-corrected chi connectivity index (χ4v) is 1.59. The van der Waals surface area contributed by atoms with E-state index in [9.17, 15) is 8.78 Å². The molecule has 0 saturated carbocycles. The maximum absolute atomic E-state index is 13.2. The van der Waals surface area contributed by atoms with Gasteiger partial charge in [0.15, 0.2) is 0 Å². The molecule has 0 fully saturated rings. The molecule has 0 aliphatic heterocycles. The Kier molecular flexibility index (Phi) is 4.41. The molecule has 2 aromatic rings. The lowest BCUT2D eigenvalue weighted by Crippen LogP contribution is -2.13. The third-order valence-electron chi connectivity index (χ3n) is 2.47. The van der Waals surface area contributed by atoms with Gasteiger partial charge in [-0.25, -0.2) is 13.8 Å². The van der Waals surface area contributed by atoms with Crippen molar-refractivity contribution in [2.45, 2.75) is 13.5 Å². The molecule has 0 amide bonds. The molecule has 2 rings (SSSR count). The van der Waals surface area contributed by atoms with Crippen molar-refractivity contribution < 1.29 is 13.5 Å². The molecule has 0 radical (unpaired) electrons. The summed E-state index contributed by atoms with van der Waals surface area (Å²) in [5, 5.41) is 3.07. The van der Waals surface area contributed by atoms with Gasteiger partial charge in [-0.15, -0.1) is 0 Å². The largest absolute Gasteiger partial charge is 0.439 e. The van der Waals surface area contributed by atoms with Gasteiger partial charge in [-0.3, -0.25) is 0 Å². The Morgan fingerprint density at radius 2 is 2.05 bits per heavy atom. The van der Waals surface area contributed by atoms with E-state index in [4.69, 9.17) is 4.74 Å². The smallest absolute Gasteiger partial charge is 0.223 e. The normalized spacial score (nSPS) is 10.5. The number of pyridine rings is 1. The molecular formula is C14H14F2N2O. The van der Waals surface area contributed by atoms with Crippen LogP contribution in [0.1, 0.15) is 12.5 Å². The van der Waals surface area contributed by atoms with Gasteiger partial charge in [0.05, 0.1) is 6.20 Å². The SMILES string of the molecule is CCNCc1cc(F)cnc1Oc1cccc(F)c1. The van der Waals surface area contributed by atoms with Crippen LogP contribution in [0.25, 0.3) is 0 Å². The third kappa shape index (κ3) is 3.72. The first-order valence-corrected chi connectivity index (χ1v) is 5.97. The third-order valence-corrected chi connectivity index (χ3v) is 2.47. The summed E-state index contributed by atoms with van der Waals surface area (Å²) in [6.45, 7) is 3.13. The van der Waals surface area contributed by atoms with Crippen LogP contribution < -0.4 is 10.1 Å². The Hall–Kier alpha value is -2.01. The van der Waals surface area contributed by atoms with Crippen molar-refractivity contribution in [2.75, 3.05) is 6.54 Å². The molecule has 3 nitrogen and oxygen atoms in total. The standard InChI is InChI=1S/C14H14F2N2O/c1-2-17-8-10-6-12(16)9-18-14(10)19-13-5-3-4-11(15)7-13/h3-7,9,17H,2,8H2,1H3. The highest BCUT2D eigenvalue weighted by molar-refractivity contribution is 5.32. The van der Waals surface area contributed by atoms with Crippen LogP contribution in [0.5, 0.6) is 11.6 Å². The van der Waals surface area contributed by atoms with Crippen LogP contribution in [-0.4, -0.2) is 11.5 Å². The van der Waals surface area contributed by atoms with Crippen molar-refractivity contribution >= 4 is 0 Å². The topological polar surface area (TPSA) is 34.2 Å². The van der Waals surface area contributed by atoms with Gasteiger partial charge in [-0.05, 0) is 24.7 Å². The Balaban J connectivity index is 2.23. The second kappa shape index (κ2) is 6.24. The predicted molar refractivity (Wildman–Crippen MR) is 68.0 cm³/mol. The van der Waals surface area contributed by atoms with Gasteiger partial charge in [-0.1, -0.05) is 13.0 Å². The quantitative estimate of drug-likeness (QED) is 0.900. The Bertz CT molecular complexity index is 561. The number of hydrogen-bond acceptors (Lipinski definition) is 3. The number of benzene rings is 1. The van der Waals surface area contributed by atoms with Gasteiger partial charge in [-0.2, -0.15) is 0 Å². The van der Waals surface area contributed by atoms with E-state index in [1.54, 1.807) is 6.07 Å². The second-order valence-corrected chi connectivity index (χ2v) is 3.96. The number of ether oxygens (including phenoxy) is 1. The fourth-order valence-electron chi connectivity index (χ4n) is 1.59. The molecule has 100 valence electrons. The highest BCUT2D eigenvalue weighted by Crippen LogP contribution is 2.24. The first kappa shape index (κ1) is 13.4. The summed E-state index contributed by atoms with van der Waals surface area (Å²) in [5.74, 6) is -0.225. The molecule has 0 saturated heterocycles. The van der Waals surface area contributed by atoms with Crippen LogP contribution >= 0.6 is 0 Å². The van der Waals surface area contributed by atoms with Crippen molar-refractivity contribution in [3.63, 3.8) is 0 Å². The van der Waals surface area contributed by atoms with Crippen molar-refractivity contribution in [3.05, 3.63) is 53.7 Å². The number of aromatic nitrogens is 1. The van der Waals surface area contributed by atoms with E-state index < -0.39 is 11.6 Å². The average Bonchev–Trinajstić information content (AvgIpc) is 2.39. The van der Waals surface area contributed by atoms with E-state index in [0.717, 1.165) is 12.7 Å². The summed E-state index contributed by atoms with van der Waals surface area (Å²) in [4.78, 5) is 3.90. The molecule has 0 aliphatic carbocycles. The molecule has 1 heterocycles. The molecule has 0 atom stereocenters. The summed E-state index contributed by atoms with van der Waals surface area (Å²) in [6, 6.07) is 7.08. The first-order valence-electron chi connectivity index (χ1n) is 5.97. The molecule has 1 aromatic carbocycles. The molecule has 0 aliphatic rings. The fraction of sp³-hybridized carbons (Fsp3) is 0.214. The highest BCUT2D eigenvalue weighted by atomic mass is 19.1. The molecule has 1 aromatic heterocycles.